The summed E-state index contributed by atoms with van der Waals surface area (Å²) < 4.78 is 0. The van der Waals surface area contributed by atoms with Crippen molar-refractivity contribution in [2.75, 3.05) is 26.2 Å². The first-order valence-electron chi connectivity index (χ1n) is 8.32. The standard InChI is InChI=1S/C19H26N2/c1-2-3-8-19(21-13-11-20-12-14-21)18-10-9-16-6-4-5-7-17(16)15-18/h4-7,9-10,15,19-20H,2-3,8,11-14H2,1H3/t19-/m0/s1. The average Bonchev–Trinajstić information content (AvgIpc) is 2.56. The first-order valence-corrected chi connectivity index (χ1v) is 8.32. The lowest BCUT2D eigenvalue weighted by Crippen LogP contribution is -2.45. The van der Waals surface area contributed by atoms with E-state index >= 15 is 0 Å². The van der Waals surface area contributed by atoms with Crippen molar-refractivity contribution in [3.05, 3.63) is 48.0 Å². The SMILES string of the molecule is CCCC[C@@H](c1ccc2ccccc2c1)N1CCNCC1. The van der Waals surface area contributed by atoms with Crippen molar-refractivity contribution in [3.8, 4) is 0 Å². The molecule has 1 fully saturated rings. The predicted octanol–water partition coefficient (Wildman–Crippen LogP) is 3.98. The topological polar surface area (TPSA) is 15.3 Å². The molecule has 0 aromatic heterocycles. The van der Waals surface area contributed by atoms with E-state index in [1.807, 2.05) is 0 Å². The molecule has 112 valence electrons. The Morgan fingerprint density at radius 3 is 2.57 bits per heavy atom. The van der Waals surface area contributed by atoms with Crippen LogP contribution in [0.3, 0.4) is 0 Å². The largest absolute Gasteiger partial charge is 0.314 e. The number of fused-ring (bicyclic) bond motifs is 1. The molecule has 1 atom stereocenters. The van der Waals surface area contributed by atoms with Gasteiger partial charge in [0.15, 0.2) is 0 Å². The summed E-state index contributed by atoms with van der Waals surface area (Å²) >= 11 is 0. The van der Waals surface area contributed by atoms with Crippen molar-refractivity contribution in [2.45, 2.75) is 32.2 Å². The fourth-order valence-electron chi connectivity index (χ4n) is 3.37. The van der Waals surface area contributed by atoms with E-state index in [1.165, 1.54) is 48.7 Å². The second-order valence-corrected chi connectivity index (χ2v) is 6.05. The summed E-state index contributed by atoms with van der Waals surface area (Å²) in [6.45, 7) is 6.87. The van der Waals surface area contributed by atoms with Crippen molar-refractivity contribution in [1.29, 1.82) is 0 Å². The maximum atomic E-state index is 3.47. The highest BCUT2D eigenvalue weighted by molar-refractivity contribution is 5.83. The van der Waals surface area contributed by atoms with Gasteiger partial charge in [0.25, 0.3) is 0 Å². The maximum absolute atomic E-state index is 3.47. The monoisotopic (exact) mass is 282 g/mol. The van der Waals surface area contributed by atoms with Gasteiger partial charge >= 0.3 is 0 Å². The number of piperazine rings is 1. The molecule has 2 heteroatoms. The van der Waals surface area contributed by atoms with E-state index in [0.717, 1.165) is 13.1 Å². The van der Waals surface area contributed by atoms with Crippen LogP contribution in [0.5, 0.6) is 0 Å². The van der Waals surface area contributed by atoms with Gasteiger partial charge in [-0.2, -0.15) is 0 Å². The Morgan fingerprint density at radius 2 is 1.81 bits per heavy atom. The van der Waals surface area contributed by atoms with E-state index in [4.69, 9.17) is 0 Å². The molecule has 0 bridgehead atoms. The highest BCUT2D eigenvalue weighted by Gasteiger charge is 2.21. The van der Waals surface area contributed by atoms with Gasteiger partial charge in [-0.15, -0.1) is 0 Å². The Kier molecular flexibility index (Phi) is 4.89. The van der Waals surface area contributed by atoms with Crippen LogP contribution in [0.1, 0.15) is 37.8 Å². The lowest BCUT2D eigenvalue weighted by Gasteiger charge is -2.35. The van der Waals surface area contributed by atoms with Gasteiger partial charge < -0.3 is 5.32 Å². The van der Waals surface area contributed by atoms with Crippen LogP contribution in [-0.2, 0) is 0 Å². The van der Waals surface area contributed by atoms with E-state index in [1.54, 1.807) is 0 Å². The molecular weight excluding hydrogens is 256 g/mol. The number of hydrogen-bond donors (Lipinski definition) is 1. The highest BCUT2D eigenvalue weighted by Crippen LogP contribution is 2.29. The second kappa shape index (κ2) is 7.06. The zero-order chi connectivity index (χ0) is 14.5. The van der Waals surface area contributed by atoms with Crippen molar-refractivity contribution < 1.29 is 0 Å². The van der Waals surface area contributed by atoms with Crippen LogP contribution in [-0.4, -0.2) is 31.1 Å². The zero-order valence-corrected chi connectivity index (χ0v) is 13.0. The summed E-state index contributed by atoms with van der Waals surface area (Å²) in [4.78, 5) is 2.66. The van der Waals surface area contributed by atoms with Crippen molar-refractivity contribution in [2.24, 2.45) is 0 Å². The molecule has 1 heterocycles. The molecule has 0 saturated carbocycles. The summed E-state index contributed by atoms with van der Waals surface area (Å²) in [6, 6.07) is 16.3. The molecule has 0 aliphatic carbocycles. The molecule has 2 aromatic carbocycles. The van der Waals surface area contributed by atoms with Gasteiger partial charge in [0.05, 0.1) is 0 Å². The fraction of sp³-hybridized carbons (Fsp3) is 0.474. The third-order valence-electron chi connectivity index (χ3n) is 4.58. The van der Waals surface area contributed by atoms with Gasteiger partial charge in [0.2, 0.25) is 0 Å². The smallest absolute Gasteiger partial charge is 0.0349 e. The van der Waals surface area contributed by atoms with Gasteiger partial charge in [-0.05, 0) is 28.8 Å². The molecule has 0 spiro atoms. The molecule has 2 nitrogen and oxygen atoms in total. The molecular formula is C19H26N2. The number of nitrogens with one attached hydrogen (secondary N) is 1. The van der Waals surface area contributed by atoms with E-state index < -0.39 is 0 Å². The van der Waals surface area contributed by atoms with Gasteiger partial charge in [0.1, 0.15) is 0 Å². The number of benzene rings is 2. The van der Waals surface area contributed by atoms with Gasteiger partial charge in [-0.25, -0.2) is 0 Å². The zero-order valence-electron chi connectivity index (χ0n) is 13.0. The van der Waals surface area contributed by atoms with Crippen LogP contribution in [0.25, 0.3) is 10.8 Å². The van der Waals surface area contributed by atoms with Gasteiger partial charge in [0, 0.05) is 32.2 Å². The van der Waals surface area contributed by atoms with Crippen molar-refractivity contribution in [3.63, 3.8) is 0 Å². The molecule has 0 amide bonds. The molecule has 0 radical (unpaired) electrons. The number of rotatable bonds is 5. The summed E-state index contributed by atoms with van der Waals surface area (Å²) in [5.41, 5.74) is 1.49. The van der Waals surface area contributed by atoms with Gasteiger partial charge in [-0.1, -0.05) is 56.2 Å². The Bertz CT molecular complexity index is 573. The molecule has 2 aromatic rings. The first kappa shape index (κ1) is 14.6. The van der Waals surface area contributed by atoms with Crippen LogP contribution in [0, 0.1) is 0 Å². The molecule has 1 N–H and O–H groups in total. The van der Waals surface area contributed by atoms with Crippen LogP contribution >= 0.6 is 0 Å². The Hall–Kier alpha value is -1.38. The Morgan fingerprint density at radius 1 is 1.05 bits per heavy atom. The van der Waals surface area contributed by atoms with Gasteiger partial charge in [-0.3, -0.25) is 4.90 Å². The van der Waals surface area contributed by atoms with Crippen molar-refractivity contribution >= 4 is 10.8 Å². The number of unbranched alkanes of at least 4 members (excludes halogenated alkanes) is 1. The van der Waals surface area contributed by atoms with Crippen LogP contribution in [0.4, 0.5) is 0 Å². The lowest BCUT2D eigenvalue weighted by atomic mass is 9.96. The quantitative estimate of drug-likeness (QED) is 0.892. The minimum Gasteiger partial charge on any atom is -0.314 e. The second-order valence-electron chi connectivity index (χ2n) is 6.05. The van der Waals surface area contributed by atoms with Crippen LogP contribution in [0.2, 0.25) is 0 Å². The highest BCUT2D eigenvalue weighted by atomic mass is 15.2. The minimum absolute atomic E-state index is 0.580. The molecule has 1 saturated heterocycles. The van der Waals surface area contributed by atoms with Crippen LogP contribution < -0.4 is 5.32 Å². The lowest BCUT2D eigenvalue weighted by molar-refractivity contribution is 0.163. The number of nitrogens with zero attached hydrogens (tertiary/aromatic N) is 1. The predicted molar refractivity (Wildman–Crippen MR) is 90.7 cm³/mol. The van der Waals surface area contributed by atoms with E-state index in [2.05, 4.69) is 59.6 Å². The van der Waals surface area contributed by atoms with E-state index in [-0.39, 0.29) is 0 Å². The summed E-state index contributed by atoms with van der Waals surface area (Å²) in [6.07, 6.45) is 3.85. The molecule has 3 rings (SSSR count). The Labute approximate surface area is 128 Å². The molecule has 1 aliphatic rings. The first-order chi connectivity index (χ1) is 10.4. The molecule has 0 unspecified atom stereocenters. The summed E-state index contributed by atoms with van der Waals surface area (Å²) in [7, 11) is 0. The summed E-state index contributed by atoms with van der Waals surface area (Å²) in [5, 5.41) is 6.18. The number of hydrogen-bond acceptors (Lipinski definition) is 2. The fourth-order valence-corrected chi connectivity index (χ4v) is 3.37. The van der Waals surface area contributed by atoms with Crippen LogP contribution in [0.15, 0.2) is 42.5 Å². The third-order valence-corrected chi connectivity index (χ3v) is 4.58. The average molecular weight is 282 g/mol. The molecule has 1 aliphatic heterocycles. The Balaban J connectivity index is 1.88. The summed E-state index contributed by atoms with van der Waals surface area (Å²) in [5.74, 6) is 0. The molecule has 21 heavy (non-hydrogen) atoms. The van der Waals surface area contributed by atoms with E-state index in [9.17, 15) is 0 Å². The maximum Gasteiger partial charge on any atom is 0.0349 e. The third kappa shape index (κ3) is 3.45. The van der Waals surface area contributed by atoms with Crippen molar-refractivity contribution in [1.82, 2.24) is 10.2 Å². The van der Waals surface area contributed by atoms with E-state index in [0.29, 0.717) is 6.04 Å². The minimum atomic E-state index is 0.580. The normalized spacial score (nSPS) is 18.0.